The summed E-state index contributed by atoms with van der Waals surface area (Å²) in [5.41, 5.74) is 3.57. The fourth-order valence-corrected chi connectivity index (χ4v) is 3.41. The lowest BCUT2D eigenvalue weighted by Crippen LogP contribution is -2.41. The van der Waals surface area contributed by atoms with E-state index in [2.05, 4.69) is 20.6 Å². The molecule has 9 heteroatoms. The number of carbonyl (C=O) groups excluding carboxylic acids is 2. The summed E-state index contributed by atoms with van der Waals surface area (Å²) in [6, 6.07) is 1.70. The van der Waals surface area contributed by atoms with Gasteiger partial charge in [0.25, 0.3) is 5.91 Å². The fraction of sp³-hybridized carbons (Fsp3) is 0.412. The van der Waals surface area contributed by atoms with Crippen molar-refractivity contribution in [3.63, 3.8) is 0 Å². The van der Waals surface area contributed by atoms with Gasteiger partial charge in [-0.2, -0.15) is 0 Å². The first-order valence-corrected chi connectivity index (χ1v) is 9.25. The number of nitrogens with one attached hydrogen (secondary N) is 2. The summed E-state index contributed by atoms with van der Waals surface area (Å²) >= 11 is 1.48. The number of amides is 2. The second-order valence-corrected chi connectivity index (χ2v) is 7.26. The Bertz CT molecular complexity index is 793. The van der Waals surface area contributed by atoms with Gasteiger partial charge < -0.3 is 20.4 Å². The number of carbonyl (C=O) groups is 2. The predicted molar refractivity (Wildman–Crippen MR) is 102 cm³/mol. The number of anilines is 2. The molecular formula is C17H22N6O2S. The summed E-state index contributed by atoms with van der Waals surface area (Å²) < 4.78 is 0. The number of hydrogen-bond donors (Lipinski definition) is 2. The Kier molecular flexibility index (Phi) is 5.48. The van der Waals surface area contributed by atoms with Crippen LogP contribution in [0, 0.1) is 0 Å². The Labute approximate surface area is 156 Å². The van der Waals surface area contributed by atoms with Crippen molar-refractivity contribution < 1.29 is 9.59 Å². The molecule has 1 atom stereocenters. The average Bonchev–Trinajstić information content (AvgIpc) is 3.09. The molecule has 3 heterocycles. The third-order valence-corrected chi connectivity index (χ3v) is 4.58. The molecule has 26 heavy (non-hydrogen) atoms. The average molecular weight is 374 g/mol. The number of aromatic nitrogens is 2. The Morgan fingerprint density at radius 3 is 2.96 bits per heavy atom. The van der Waals surface area contributed by atoms with Gasteiger partial charge in [0.15, 0.2) is 5.82 Å². The molecule has 0 spiro atoms. The van der Waals surface area contributed by atoms with E-state index in [-0.39, 0.29) is 24.4 Å². The van der Waals surface area contributed by atoms with Crippen molar-refractivity contribution in [2.75, 3.05) is 37.4 Å². The molecule has 0 saturated carbocycles. The van der Waals surface area contributed by atoms with Crippen molar-refractivity contribution in [3.05, 3.63) is 34.4 Å². The first-order valence-electron chi connectivity index (χ1n) is 8.31. The Hall–Kier alpha value is -2.52. The maximum atomic E-state index is 12.5. The molecule has 8 nitrogen and oxygen atoms in total. The summed E-state index contributed by atoms with van der Waals surface area (Å²) in [7, 11) is 3.91. The van der Waals surface area contributed by atoms with Crippen molar-refractivity contribution in [2.45, 2.75) is 19.5 Å². The molecule has 2 amide bonds. The molecule has 2 aromatic heterocycles. The summed E-state index contributed by atoms with van der Waals surface area (Å²) in [5.74, 6) is 0.310. The molecule has 0 fully saturated rings. The predicted octanol–water partition coefficient (Wildman–Crippen LogP) is 1.18. The van der Waals surface area contributed by atoms with Crippen LogP contribution < -0.4 is 15.5 Å². The van der Waals surface area contributed by atoms with Gasteiger partial charge in [0, 0.05) is 24.2 Å². The lowest BCUT2D eigenvalue weighted by Gasteiger charge is -2.29. The molecule has 0 saturated heterocycles. The lowest BCUT2D eigenvalue weighted by molar-refractivity contribution is -0.117. The molecule has 0 aromatic carbocycles. The zero-order chi connectivity index (χ0) is 18.7. The SMILES string of the molecule is CC(CN(C)C)NC(=O)c1cnc2c(c1)N(Cc1cscn1)C(=O)CN2. The van der Waals surface area contributed by atoms with Gasteiger partial charge in [-0.25, -0.2) is 9.97 Å². The Morgan fingerprint density at radius 2 is 2.27 bits per heavy atom. The number of likely N-dealkylation sites (N-methyl/N-ethyl adjacent to an activating group) is 1. The van der Waals surface area contributed by atoms with Crippen molar-refractivity contribution in [1.29, 1.82) is 0 Å². The number of thiazole rings is 1. The van der Waals surface area contributed by atoms with E-state index in [9.17, 15) is 9.59 Å². The zero-order valence-electron chi connectivity index (χ0n) is 15.0. The number of pyridine rings is 1. The maximum Gasteiger partial charge on any atom is 0.253 e. The van der Waals surface area contributed by atoms with Crippen molar-refractivity contribution in [3.8, 4) is 0 Å². The van der Waals surface area contributed by atoms with Crippen molar-refractivity contribution in [2.24, 2.45) is 0 Å². The first kappa shape index (κ1) is 18.3. The molecule has 2 aromatic rings. The van der Waals surface area contributed by atoms with Crippen LogP contribution in [0.2, 0.25) is 0 Å². The van der Waals surface area contributed by atoms with Crippen LogP contribution in [-0.2, 0) is 11.3 Å². The van der Waals surface area contributed by atoms with Crippen LogP contribution in [0.3, 0.4) is 0 Å². The normalized spacial score (nSPS) is 14.8. The van der Waals surface area contributed by atoms with E-state index in [4.69, 9.17) is 0 Å². The zero-order valence-corrected chi connectivity index (χ0v) is 15.8. The molecular weight excluding hydrogens is 352 g/mol. The lowest BCUT2D eigenvalue weighted by atomic mass is 10.1. The van der Waals surface area contributed by atoms with E-state index in [0.717, 1.165) is 12.2 Å². The maximum absolute atomic E-state index is 12.5. The van der Waals surface area contributed by atoms with Crippen LogP contribution in [0.5, 0.6) is 0 Å². The molecule has 0 aliphatic carbocycles. The van der Waals surface area contributed by atoms with Crippen LogP contribution in [0.1, 0.15) is 23.0 Å². The van der Waals surface area contributed by atoms with Crippen LogP contribution in [0.25, 0.3) is 0 Å². The van der Waals surface area contributed by atoms with Crippen molar-refractivity contribution >= 4 is 34.7 Å². The Morgan fingerprint density at radius 1 is 1.46 bits per heavy atom. The third-order valence-electron chi connectivity index (χ3n) is 3.95. The van der Waals surface area contributed by atoms with Gasteiger partial charge in [-0.15, -0.1) is 11.3 Å². The minimum absolute atomic E-state index is 0.000557. The van der Waals surface area contributed by atoms with Gasteiger partial charge in [0.1, 0.15) is 0 Å². The second-order valence-electron chi connectivity index (χ2n) is 6.54. The summed E-state index contributed by atoms with van der Waals surface area (Å²) in [5, 5.41) is 7.85. The standard InChI is InChI=1S/C17H22N6O2S/c1-11(7-22(2)3)21-17(25)12-4-14-16(18-5-12)19-6-15(24)23(14)8-13-9-26-10-20-13/h4-5,9-11H,6-8H2,1-3H3,(H,18,19)(H,21,25). The van der Waals surface area contributed by atoms with Gasteiger partial charge in [0.2, 0.25) is 5.91 Å². The van der Waals surface area contributed by atoms with Gasteiger partial charge >= 0.3 is 0 Å². The summed E-state index contributed by atoms with van der Waals surface area (Å²) in [4.78, 5) is 37.1. The van der Waals surface area contributed by atoms with Gasteiger partial charge in [-0.05, 0) is 27.1 Å². The first-order chi connectivity index (χ1) is 12.4. The monoisotopic (exact) mass is 374 g/mol. The van der Waals surface area contributed by atoms with Crippen molar-refractivity contribution in [1.82, 2.24) is 20.2 Å². The highest BCUT2D eigenvalue weighted by atomic mass is 32.1. The molecule has 1 aliphatic rings. The largest absolute Gasteiger partial charge is 0.359 e. The molecule has 3 rings (SSSR count). The van der Waals surface area contributed by atoms with E-state index >= 15 is 0 Å². The molecule has 1 aliphatic heterocycles. The highest BCUT2D eigenvalue weighted by Gasteiger charge is 2.27. The smallest absolute Gasteiger partial charge is 0.253 e. The van der Waals surface area contributed by atoms with Gasteiger partial charge in [-0.3, -0.25) is 9.59 Å². The van der Waals surface area contributed by atoms with Gasteiger partial charge in [0.05, 0.1) is 35.5 Å². The van der Waals surface area contributed by atoms with E-state index in [0.29, 0.717) is 23.6 Å². The van der Waals surface area contributed by atoms with Crippen LogP contribution in [-0.4, -0.2) is 59.9 Å². The number of rotatable bonds is 6. The minimum atomic E-state index is -0.207. The van der Waals surface area contributed by atoms with Crippen LogP contribution in [0.15, 0.2) is 23.2 Å². The molecule has 138 valence electrons. The van der Waals surface area contributed by atoms with Crippen LogP contribution >= 0.6 is 11.3 Å². The minimum Gasteiger partial charge on any atom is -0.359 e. The molecule has 0 radical (unpaired) electrons. The second kappa shape index (κ2) is 7.79. The van der Waals surface area contributed by atoms with E-state index in [1.165, 1.54) is 17.5 Å². The topological polar surface area (TPSA) is 90.5 Å². The molecule has 0 bridgehead atoms. The van der Waals surface area contributed by atoms with Crippen LogP contribution in [0.4, 0.5) is 11.5 Å². The fourth-order valence-electron chi connectivity index (χ4n) is 2.86. The molecule has 2 N–H and O–H groups in total. The Balaban J connectivity index is 1.82. The van der Waals surface area contributed by atoms with E-state index < -0.39 is 0 Å². The van der Waals surface area contributed by atoms with Gasteiger partial charge in [-0.1, -0.05) is 0 Å². The highest BCUT2D eigenvalue weighted by Crippen LogP contribution is 2.29. The summed E-state index contributed by atoms with van der Waals surface area (Å²) in [6.45, 7) is 3.22. The van der Waals surface area contributed by atoms with E-state index in [1.54, 1.807) is 16.5 Å². The third kappa shape index (κ3) is 4.17. The molecule has 1 unspecified atom stereocenters. The quantitative estimate of drug-likeness (QED) is 0.789. The van der Waals surface area contributed by atoms with E-state index in [1.807, 2.05) is 31.3 Å². The summed E-state index contributed by atoms with van der Waals surface area (Å²) in [6.07, 6.45) is 1.53. The number of hydrogen-bond acceptors (Lipinski definition) is 7. The number of nitrogens with zero attached hydrogens (tertiary/aromatic N) is 4. The number of fused-ring (bicyclic) bond motifs is 1. The highest BCUT2D eigenvalue weighted by molar-refractivity contribution is 7.07.